The van der Waals surface area contributed by atoms with E-state index >= 15 is 0 Å². The van der Waals surface area contributed by atoms with E-state index in [-0.39, 0.29) is 11.8 Å². The van der Waals surface area contributed by atoms with Crippen molar-refractivity contribution in [2.75, 3.05) is 28.6 Å². The van der Waals surface area contributed by atoms with Gasteiger partial charge in [-0.2, -0.15) is 0 Å². The average Bonchev–Trinajstić information content (AvgIpc) is 3.12. The van der Waals surface area contributed by atoms with Gasteiger partial charge >= 0.3 is 0 Å². The van der Waals surface area contributed by atoms with Crippen molar-refractivity contribution in [2.45, 2.75) is 26.7 Å². The molecule has 0 unspecified atom stereocenters. The molecule has 0 spiro atoms. The number of anilines is 4. The summed E-state index contributed by atoms with van der Waals surface area (Å²) in [6.07, 6.45) is 2.55. The monoisotopic (exact) mass is 325 g/mol. The van der Waals surface area contributed by atoms with Crippen molar-refractivity contribution in [2.24, 2.45) is 5.92 Å². The minimum Gasteiger partial charge on any atom is -0.372 e. The molecule has 1 saturated heterocycles. The van der Waals surface area contributed by atoms with Crippen LogP contribution in [0, 0.1) is 5.92 Å². The van der Waals surface area contributed by atoms with Gasteiger partial charge in [-0.3, -0.25) is 4.79 Å². The molecule has 2 aromatic rings. The van der Waals surface area contributed by atoms with Crippen molar-refractivity contribution in [3.8, 4) is 0 Å². The fourth-order valence-electron chi connectivity index (χ4n) is 2.61. The van der Waals surface area contributed by atoms with Gasteiger partial charge in [-0.1, -0.05) is 13.8 Å². The Kier molecular flexibility index (Phi) is 4.93. The van der Waals surface area contributed by atoms with Gasteiger partial charge in [0.1, 0.15) is 0 Å². The van der Waals surface area contributed by atoms with E-state index in [1.165, 1.54) is 18.5 Å². The molecule has 6 heteroatoms. The van der Waals surface area contributed by atoms with Gasteiger partial charge in [-0.05, 0) is 49.2 Å². The third-order valence-electron chi connectivity index (χ3n) is 4.05. The molecule has 126 valence electrons. The molecule has 1 aromatic carbocycles. The molecule has 0 radical (unpaired) electrons. The van der Waals surface area contributed by atoms with Crippen molar-refractivity contribution in [3.05, 3.63) is 36.4 Å². The Bertz CT molecular complexity index is 676. The van der Waals surface area contributed by atoms with Crippen LogP contribution in [0.3, 0.4) is 0 Å². The van der Waals surface area contributed by atoms with E-state index in [0.717, 1.165) is 18.8 Å². The Labute approximate surface area is 142 Å². The second-order valence-corrected chi connectivity index (χ2v) is 6.31. The highest BCUT2D eigenvalue weighted by Gasteiger charge is 2.12. The first-order valence-electron chi connectivity index (χ1n) is 8.38. The molecule has 1 fully saturated rings. The number of nitrogens with one attached hydrogen (secondary N) is 2. The number of carbonyl (C=O) groups excluding carboxylic acids is 1. The third kappa shape index (κ3) is 4.01. The number of benzene rings is 1. The number of hydrogen-bond acceptors (Lipinski definition) is 5. The van der Waals surface area contributed by atoms with Crippen LogP contribution >= 0.6 is 0 Å². The van der Waals surface area contributed by atoms with E-state index in [9.17, 15) is 4.79 Å². The largest absolute Gasteiger partial charge is 0.372 e. The lowest BCUT2D eigenvalue weighted by Crippen LogP contribution is -2.18. The molecule has 0 atom stereocenters. The van der Waals surface area contributed by atoms with Crippen LogP contribution in [-0.2, 0) is 4.79 Å². The third-order valence-corrected chi connectivity index (χ3v) is 4.05. The summed E-state index contributed by atoms with van der Waals surface area (Å²) in [4.78, 5) is 14.0. The Morgan fingerprint density at radius 3 is 2.21 bits per heavy atom. The fraction of sp³-hybridized carbons (Fsp3) is 0.389. The standard InChI is InChI=1S/C18H23N5O/c1-13(2)18(24)20-17-10-9-16(21-22-17)19-14-5-7-15(8-6-14)23-11-3-4-12-23/h5-10,13H,3-4,11-12H2,1-2H3,(H,19,21)(H,20,22,24). The van der Waals surface area contributed by atoms with Gasteiger partial charge in [-0.25, -0.2) is 0 Å². The molecule has 0 aliphatic carbocycles. The summed E-state index contributed by atoms with van der Waals surface area (Å²) < 4.78 is 0. The number of nitrogens with zero attached hydrogens (tertiary/aromatic N) is 3. The van der Waals surface area contributed by atoms with Crippen molar-refractivity contribution < 1.29 is 4.79 Å². The molecule has 1 aliphatic heterocycles. The molecule has 0 saturated carbocycles. The summed E-state index contributed by atoms with van der Waals surface area (Å²) >= 11 is 0. The van der Waals surface area contributed by atoms with Gasteiger partial charge in [0.25, 0.3) is 0 Å². The predicted molar refractivity (Wildman–Crippen MR) is 96.7 cm³/mol. The summed E-state index contributed by atoms with van der Waals surface area (Å²) in [5, 5.41) is 14.1. The zero-order valence-electron chi connectivity index (χ0n) is 14.1. The molecule has 24 heavy (non-hydrogen) atoms. The Morgan fingerprint density at radius 2 is 1.62 bits per heavy atom. The SMILES string of the molecule is CC(C)C(=O)Nc1ccc(Nc2ccc(N3CCCC3)cc2)nn1. The Balaban J connectivity index is 1.60. The van der Waals surface area contributed by atoms with Crippen LogP contribution < -0.4 is 15.5 Å². The van der Waals surface area contributed by atoms with Gasteiger partial charge in [0.15, 0.2) is 11.6 Å². The minimum atomic E-state index is -0.0845. The first kappa shape index (κ1) is 16.2. The van der Waals surface area contributed by atoms with E-state index < -0.39 is 0 Å². The van der Waals surface area contributed by atoms with Crippen LogP contribution in [0.5, 0.6) is 0 Å². The Morgan fingerprint density at radius 1 is 1.00 bits per heavy atom. The molecule has 3 rings (SSSR count). The zero-order chi connectivity index (χ0) is 16.9. The number of carbonyl (C=O) groups is 1. The first-order valence-corrected chi connectivity index (χ1v) is 8.38. The number of aromatic nitrogens is 2. The highest BCUT2D eigenvalue weighted by Crippen LogP contribution is 2.23. The van der Waals surface area contributed by atoms with Gasteiger partial charge in [0.2, 0.25) is 5.91 Å². The van der Waals surface area contributed by atoms with Crippen LogP contribution in [0.15, 0.2) is 36.4 Å². The molecular weight excluding hydrogens is 302 g/mol. The molecule has 1 amide bonds. The van der Waals surface area contributed by atoms with Gasteiger partial charge in [0, 0.05) is 30.4 Å². The average molecular weight is 325 g/mol. The zero-order valence-corrected chi connectivity index (χ0v) is 14.1. The highest BCUT2D eigenvalue weighted by molar-refractivity contribution is 5.91. The normalized spacial score (nSPS) is 14.0. The van der Waals surface area contributed by atoms with Gasteiger partial charge < -0.3 is 15.5 Å². The van der Waals surface area contributed by atoms with E-state index in [0.29, 0.717) is 11.6 Å². The molecule has 1 aromatic heterocycles. The van der Waals surface area contributed by atoms with Crippen LogP contribution in [0.4, 0.5) is 23.0 Å². The van der Waals surface area contributed by atoms with Crippen LogP contribution in [0.2, 0.25) is 0 Å². The summed E-state index contributed by atoms with van der Waals surface area (Å²) in [6.45, 7) is 5.96. The molecule has 0 bridgehead atoms. The van der Waals surface area contributed by atoms with Gasteiger partial charge in [-0.15, -0.1) is 10.2 Å². The van der Waals surface area contributed by atoms with E-state index in [2.05, 4.69) is 37.9 Å². The lowest BCUT2D eigenvalue weighted by atomic mass is 10.2. The maximum atomic E-state index is 11.6. The number of hydrogen-bond donors (Lipinski definition) is 2. The van der Waals surface area contributed by atoms with Crippen molar-refractivity contribution in [1.29, 1.82) is 0 Å². The smallest absolute Gasteiger partial charge is 0.228 e. The summed E-state index contributed by atoms with van der Waals surface area (Å²) in [5.41, 5.74) is 2.22. The minimum absolute atomic E-state index is 0.0671. The van der Waals surface area contributed by atoms with E-state index in [1.807, 2.05) is 26.0 Å². The number of amides is 1. The summed E-state index contributed by atoms with van der Waals surface area (Å²) in [6, 6.07) is 11.9. The molecule has 1 aliphatic rings. The lowest BCUT2D eigenvalue weighted by molar-refractivity contribution is -0.118. The van der Waals surface area contributed by atoms with Crippen LogP contribution in [-0.4, -0.2) is 29.2 Å². The molecular formula is C18H23N5O. The quantitative estimate of drug-likeness (QED) is 0.881. The van der Waals surface area contributed by atoms with Crippen LogP contribution in [0.1, 0.15) is 26.7 Å². The fourth-order valence-corrected chi connectivity index (χ4v) is 2.61. The molecule has 2 N–H and O–H groups in total. The lowest BCUT2D eigenvalue weighted by Gasteiger charge is -2.17. The summed E-state index contributed by atoms with van der Waals surface area (Å²) in [7, 11) is 0. The van der Waals surface area contributed by atoms with Gasteiger partial charge in [0.05, 0.1) is 0 Å². The predicted octanol–water partition coefficient (Wildman–Crippen LogP) is 3.41. The highest BCUT2D eigenvalue weighted by atomic mass is 16.1. The molecule has 6 nitrogen and oxygen atoms in total. The van der Waals surface area contributed by atoms with E-state index in [4.69, 9.17) is 0 Å². The van der Waals surface area contributed by atoms with E-state index in [1.54, 1.807) is 12.1 Å². The van der Waals surface area contributed by atoms with Crippen molar-refractivity contribution in [1.82, 2.24) is 10.2 Å². The van der Waals surface area contributed by atoms with Crippen LogP contribution in [0.25, 0.3) is 0 Å². The second-order valence-electron chi connectivity index (χ2n) is 6.31. The topological polar surface area (TPSA) is 70.2 Å². The summed E-state index contributed by atoms with van der Waals surface area (Å²) in [5.74, 6) is 0.955. The maximum absolute atomic E-state index is 11.6. The first-order chi connectivity index (χ1) is 11.6. The maximum Gasteiger partial charge on any atom is 0.228 e. The number of rotatable bonds is 5. The van der Waals surface area contributed by atoms with Crippen molar-refractivity contribution >= 4 is 28.9 Å². The molecule has 2 heterocycles. The van der Waals surface area contributed by atoms with Crippen molar-refractivity contribution in [3.63, 3.8) is 0 Å². The Hall–Kier alpha value is -2.63. The second kappa shape index (κ2) is 7.29.